The van der Waals surface area contributed by atoms with Gasteiger partial charge in [0.2, 0.25) is 0 Å². The molecule has 5 heteroatoms. The molecule has 1 saturated heterocycles. The molecule has 1 aromatic rings. The molecule has 0 spiro atoms. The van der Waals surface area contributed by atoms with Crippen LogP contribution in [0.5, 0.6) is 0 Å². The summed E-state index contributed by atoms with van der Waals surface area (Å²) in [7, 11) is 1.35. The van der Waals surface area contributed by atoms with Crippen LogP contribution in [-0.2, 0) is 9.53 Å². The fourth-order valence-corrected chi connectivity index (χ4v) is 2.51. The molecule has 4 nitrogen and oxygen atoms in total. The van der Waals surface area contributed by atoms with Gasteiger partial charge in [-0.1, -0.05) is 0 Å². The van der Waals surface area contributed by atoms with E-state index in [0.29, 0.717) is 12.1 Å². The molecule has 0 N–H and O–H groups in total. The molecule has 0 bridgehead atoms. The summed E-state index contributed by atoms with van der Waals surface area (Å²) in [6.07, 6.45) is 1.67. The third kappa shape index (κ3) is 3.63. The van der Waals surface area contributed by atoms with Gasteiger partial charge in [0.25, 0.3) is 0 Å². The number of hydrogen-bond donors (Lipinski definition) is 0. The SMILES string of the molecule is COC(=O)CN1CCC[C@H](C(=O)c2ccc(F)cc2)C1. The third-order valence-electron chi connectivity index (χ3n) is 3.59. The molecule has 1 heterocycles. The lowest BCUT2D eigenvalue weighted by molar-refractivity contribution is -0.142. The van der Waals surface area contributed by atoms with Gasteiger partial charge in [0, 0.05) is 18.0 Å². The van der Waals surface area contributed by atoms with Crippen LogP contribution in [-0.4, -0.2) is 43.4 Å². The van der Waals surface area contributed by atoms with Crippen molar-refractivity contribution in [3.63, 3.8) is 0 Å². The highest BCUT2D eigenvalue weighted by Crippen LogP contribution is 2.21. The van der Waals surface area contributed by atoms with Gasteiger partial charge in [-0.2, -0.15) is 0 Å². The summed E-state index contributed by atoms with van der Waals surface area (Å²) in [5.41, 5.74) is 0.524. The number of benzene rings is 1. The van der Waals surface area contributed by atoms with Gasteiger partial charge in [-0.3, -0.25) is 14.5 Å². The van der Waals surface area contributed by atoms with Gasteiger partial charge in [-0.05, 0) is 43.7 Å². The molecule has 1 aliphatic heterocycles. The van der Waals surface area contributed by atoms with Gasteiger partial charge in [-0.15, -0.1) is 0 Å². The first-order valence-electron chi connectivity index (χ1n) is 6.69. The van der Waals surface area contributed by atoms with Crippen molar-refractivity contribution in [1.82, 2.24) is 4.90 Å². The third-order valence-corrected chi connectivity index (χ3v) is 3.59. The van der Waals surface area contributed by atoms with Gasteiger partial charge < -0.3 is 4.74 Å². The normalized spacial score (nSPS) is 19.6. The molecule has 1 aromatic carbocycles. The van der Waals surface area contributed by atoms with E-state index >= 15 is 0 Å². The van der Waals surface area contributed by atoms with E-state index in [-0.39, 0.29) is 30.0 Å². The van der Waals surface area contributed by atoms with E-state index < -0.39 is 0 Å². The van der Waals surface area contributed by atoms with Crippen molar-refractivity contribution in [2.45, 2.75) is 12.8 Å². The summed E-state index contributed by atoms with van der Waals surface area (Å²) in [5.74, 6) is -0.768. The number of halogens is 1. The molecule has 1 atom stereocenters. The number of esters is 1. The van der Waals surface area contributed by atoms with Gasteiger partial charge >= 0.3 is 5.97 Å². The van der Waals surface area contributed by atoms with Crippen molar-refractivity contribution < 1.29 is 18.7 Å². The molecule has 0 radical (unpaired) electrons. The highest BCUT2D eigenvalue weighted by Gasteiger charge is 2.27. The van der Waals surface area contributed by atoms with Gasteiger partial charge in [0.05, 0.1) is 13.7 Å². The second-order valence-electron chi connectivity index (χ2n) is 5.02. The zero-order valence-electron chi connectivity index (χ0n) is 11.5. The fourth-order valence-electron chi connectivity index (χ4n) is 2.51. The van der Waals surface area contributed by atoms with E-state index in [2.05, 4.69) is 4.74 Å². The molecule has 0 aromatic heterocycles. The summed E-state index contributed by atoms with van der Waals surface area (Å²) in [5, 5.41) is 0. The van der Waals surface area contributed by atoms with E-state index in [9.17, 15) is 14.0 Å². The molecule has 20 heavy (non-hydrogen) atoms. The van der Waals surface area contributed by atoms with Crippen LogP contribution in [0.2, 0.25) is 0 Å². The van der Waals surface area contributed by atoms with Crippen LogP contribution in [0.1, 0.15) is 23.2 Å². The Hall–Kier alpha value is -1.75. The molecule has 0 aliphatic carbocycles. The van der Waals surface area contributed by atoms with Crippen LogP contribution in [0.3, 0.4) is 0 Å². The second-order valence-corrected chi connectivity index (χ2v) is 5.02. The van der Waals surface area contributed by atoms with Crippen molar-refractivity contribution in [2.24, 2.45) is 5.92 Å². The van der Waals surface area contributed by atoms with E-state index in [1.165, 1.54) is 31.4 Å². The van der Waals surface area contributed by atoms with Crippen LogP contribution in [0.25, 0.3) is 0 Å². The van der Waals surface area contributed by atoms with Crippen molar-refractivity contribution in [1.29, 1.82) is 0 Å². The lowest BCUT2D eigenvalue weighted by Gasteiger charge is -2.31. The number of nitrogens with zero attached hydrogens (tertiary/aromatic N) is 1. The molecule has 108 valence electrons. The predicted molar refractivity (Wildman–Crippen MR) is 71.9 cm³/mol. The van der Waals surface area contributed by atoms with Crippen LogP contribution in [0.4, 0.5) is 4.39 Å². The maximum atomic E-state index is 12.9. The van der Waals surface area contributed by atoms with Crippen LogP contribution in [0.15, 0.2) is 24.3 Å². The summed E-state index contributed by atoms with van der Waals surface area (Å²) in [6, 6.07) is 5.61. The Morgan fingerprint density at radius 3 is 2.70 bits per heavy atom. The van der Waals surface area contributed by atoms with Gasteiger partial charge in [0.15, 0.2) is 5.78 Å². The maximum Gasteiger partial charge on any atom is 0.319 e. The number of rotatable bonds is 4. The largest absolute Gasteiger partial charge is 0.468 e. The van der Waals surface area contributed by atoms with E-state index in [1.807, 2.05) is 4.90 Å². The van der Waals surface area contributed by atoms with Gasteiger partial charge in [0.1, 0.15) is 5.82 Å². The number of piperidine rings is 1. The highest BCUT2D eigenvalue weighted by atomic mass is 19.1. The lowest BCUT2D eigenvalue weighted by Crippen LogP contribution is -2.41. The smallest absolute Gasteiger partial charge is 0.319 e. The second kappa shape index (κ2) is 6.61. The Balaban J connectivity index is 1.99. The number of likely N-dealkylation sites (tertiary alicyclic amines) is 1. The first-order chi connectivity index (χ1) is 9.60. The number of Topliss-reactive ketones (excluding diaryl/α,β-unsaturated/α-hetero) is 1. The Bertz CT molecular complexity index is 486. The van der Waals surface area contributed by atoms with E-state index in [1.54, 1.807) is 0 Å². The summed E-state index contributed by atoms with van der Waals surface area (Å²) in [4.78, 5) is 25.6. The maximum absolute atomic E-state index is 12.9. The zero-order valence-corrected chi connectivity index (χ0v) is 11.5. The highest BCUT2D eigenvalue weighted by molar-refractivity contribution is 5.98. The topological polar surface area (TPSA) is 46.6 Å². The molecular weight excluding hydrogens is 261 g/mol. The monoisotopic (exact) mass is 279 g/mol. The fraction of sp³-hybridized carbons (Fsp3) is 0.467. The van der Waals surface area contributed by atoms with Crippen LogP contribution in [0, 0.1) is 11.7 Å². The first kappa shape index (κ1) is 14.7. The number of ether oxygens (including phenoxy) is 1. The minimum Gasteiger partial charge on any atom is -0.468 e. The predicted octanol–water partition coefficient (Wildman–Crippen LogP) is 1.89. The summed E-state index contributed by atoms with van der Waals surface area (Å²) in [6.45, 7) is 1.55. The lowest BCUT2D eigenvalue weighted by atomic mass is 9.90. The first-order valence-corrected chi connectivity index (χ1v) is 6.69. The van der Waals surface area contributed by atoms with Crippen LogP contribution < -0.4 is 0 Å². The van der Waals surface area contributed by atoms with Crippen molar-refractivity contribution in [3.05, 3.63) is 35.6 Å². The van der Waals surface area contributed by atoms with Crippen molar-refractivity contribution >= 4 is 11.8 Å². The number of hydrogen-bond acceptors (Lipinski definition) is 4. The number of carbonyl (C=O) groups excluding carboxylic acids is 2. The van der Waals surface area contributed by atoms with E-state index in [4.69, 9.17) is 0 Å². The molecular formula is C15H18FNO3. The quantitative estimate of drug-likeness (QED) is 0.624. The Kier molecular flexibility index (Phi) is 4.84. The average molecular weight is 279 g/mol. The molecule has 0 unspecified atom stereocenters. The Morgan fingerprint density at radius 2 is 2.05 bits per heavy atom. The van der Waals surface area contributed by atoms with Gasteiger partial charge in [-0.25, -0.2) is 4.39 Å². The molecule has 0 amide bonds. The number of carbonyl (C=O) groups is 2. The standard InChI is InChI=1S/C15H18FNO3/c1-20-14(18)10-17-8-2-3-12(9-17)15(19)11-4-6-13(16)7-5-11/h4-7,12H,2-3,8-10H2,1H3/t12-/m0/s1. The molecule has 1 fully saturated rings. The number of methoxy groups -OCH3 is 1. The minimum atomic E-state index is -0.350. The average Bonchev–Trinajstić information content (AvgIpc) is 2.47. The van der Waals surface area contributed by atoms with Crippen LogP contribution >= 0.6 is 0 Å². The molecule has 2 rings (SSSR count). The summed E-state index contributed by atoms with van der Waals surface area (Å²) < 4.78 is 17.5. The van der Waals surface area contributed by atoms with Crippen molar-refractivity contribution in [2.75, 3.05) is 26.7 Å². The zero-order chi connectivity index (χ0) is 14.5. The molecule has 1 aliphatic rings. The van der Waals surface area contributed by atoms with Crippen molar-refractivity contribution in [3.8, 4) is 0 Å². The number of ketones is 1. The Morgan fingerprint density at radius 1 is 1.35 bits per heavy atom. The summed E-state index contributed by atoms with van der Waals surface area (Å²) >= 11 is 0. The Labute approximate surface area is 117 Å². The molecule has 0 saturated carbocycles. The minimum absolute atomic E-state index is 0.0135. The van der Waals surface area contributed by atoms with E-state index in [0.717, 1.165) is 19.4 Å².